The Kier molecular flexibility index (Phi) is 4.08. The Morgan fingerprint density at radius 1 is 1.39 bits per heavy atom. The first-order valence-corrected chi connectivity index (χ1v) is 7.75. The van der Waals surface area contributed by atoms with Crippen molar-refractivity contribution in [1.82, 2.24) is 9.55 Å². The van der Waals surface area contributed by atoms with Gasteiger partial charge in [0.25, 0.3) is 5.56 Å². The van der Waals surface area contributed by atoms with Crippen molar-refractivity contribution in [3.05, 3.63) is 39.4 Å². The molecular formula is C12H14N2O2S2. The molecule has 0 saturated carbocycles. The van der Waals surface area contributed by atoms with Crippen LogP contribution in [0.15, 0.2) is 29.1 Å². The van der Waals surface area contributed by atoms with Crippen molar-refractivity contribution in [3.63, 3.8) is 0 Å². The van der Waals surface area contributed by atoms with E-state index < -0.39 is 10.8 Å². The molecule has 0 spiro atoms. The zero-order chi connectivity index (χ0) is 13.1. The molecular weight excluding hydrogens is 268 g/mol. The molecule has 1 heterocycles. The third kappa shape index (κ3) is 2.76. The lowest BCUT2D eigenvalue weighted by atomic mass is 10.2. The highest BCUT2D eigenvalue weighted by Gasteiger charge is 2.04. The van der Waals surface area contributed by atoms with Crippen LogP contribution in [0.2, 0.25) is 0 Å². The SMILES string of the molecule is CS(=O)CCCn1c(=S)[nH]c2ccccc2c1=O. The van der Waals surface area contributed by atoms with Gasteiger partial charge in [0.1, 0.15) is 0 Å². The molecule has 18 heavy (non-hydrogen) atoms. The highest BCUT2D eigenvalue weighted by Crippen LogP contribution is 2.06. The van der Waals surface area contributed by atoms with Gasteiger partial charge in [0.05, 0.1) is 10.9 Å². The molecule has 1 aromatic heterocycles. The number of rotatable bonds is 4. The second kappa shape index (κ2) is 5.58. The maximum atomic E-state index is 12.2. The number of nitrogens with zero attached hydrogens (tertiary/aromatic N) is 1. The molecule has 1 unspecified atom stereocenters. The first-order chi connectivity index (χ1) is 8.59. The fourth-order valence-corrected chi connectivity index (χ4v) is 2.65. The molecule has 0 saturated heterocycles. The van der Waals surface area contributed by atoms with E-state index in [0.29, 0.717) is 28.9 Å². The minimum absolute atomic E-state index is 0.0868. The average molecular weight is 282 g/mol. The lowest BCUT2D eigenvalue weighted by molar-refractivity contribution is 0.633. The molecule has 2 rings (SSSR count). The molecule has 0 radical (unpaired) electrons. The molecule has 96 valence electrons. The molecule has 4 nitrogen and oxygen atoms in total. The van der Waals surface area contributed by atoms with Crippen molar-refractivity contribution in [2.45, 2.75) is 13.0 Å². The van der Waals surface area contributed by atoms with Crippen molar-refractivity contribution >= 4 is 33.9 Å². The smallest absolute Gasteiger partial charge is 0.262 e. The normalized spacial score (nSPS) is 12.7. The standard InChI is InChI=1S/C12H14N2O2S2/c1-18(16)8-4-7-14-11(15)9-5-2-3-6-10(9)13-12(14)17/h2-3,5-6H,4,7-8H2,1H3,(H,13,17). The zero-order valence-corrected chi connectivity index (χ0v) is 11.6. The van der Waals surface area contributed by atoms with E-state index in [1.54, 1.807) is 12.3 Å². The third-order valence-corrected chi connectivity index (χ3v) is 3.89. The number of aromatic nitrogens is 2. The molecule has 0 amide bonds. The fraction of sp³-hybridized carbons (Fsp3) is 0.333. The lowest BCUT2D eigenvalue weighted by Crippen LogP contribution is -2.23. The summed E-state index contributed by atoms with van der Waals surface area (Å²) >= 11 is 5.18. The van der Waals surface area contributed by atoms with Gasteiger partial charge in [-0.05, 0) is 30.8 Å². The number of nitrogens with one attached hydrogen (secondary N) is 1. The number of hydrogen-bond donors (Lipinski definition) is 1. The molecule has 0 bridgehead atoms. The number of aromatic amines is 1. The van der Waals surface area contributed by atoms with Crippen molar-refractivity contribution in [3.8, 4) is 0 Å². The zero-order valence-electron chi connectivity index (χ0n) is 10.0. The van der Waals surface area contributed by atoms with Gasteiger partial charge >= 0.3 is 0 Å². The number of hydrogen-bond acceptors (Lipinski definition) is 3. The second-order valence-corrected chi connectivity index (χ2v) is 6.00. The van der Waals surface area contributed by atoms with Gasteiger partial charge in [0, 0.05) is 29.4 Å². The van der Waals surface area contributed by atoms with E-state index in [9.17, 15) is 9.00 Å². The summed E-state index contributed by atoms with van der Waals surface area (Å²) in [6.45, 7) is 0.499. The summed E-state index contributed by atoms with van der Waals surface area (Å²) in [5.41, 5.74) is 0.666. The van der Waals surface area contributed by atoms with E-state index in [0.717, 1.165) is 5.52 Å². The largest absolute Gasteiger partial charge is 0.332 e. The van der Waals surface area contributed by atoms with E-state index in [1.807, 2.05) is 18.2 Å². The summed E-state index contributed by atoms with van der Waals surface area (Å²) in [5.74, 6) is 0.577. The van der Waals surface area contributed by atoms with Crippen LogP contribution in [0, 0.1) is 4.77 Å². The van der Waals surface area contributed by atoms with Crippen LogP contribution in [0.3, 0.4) is 0 Å². The van der Waals surface area contributed by atoms with Crippen LogP contribution >= 0.6 is 12.2 Å². The van der Waals surface area contributed by atoms with Gasteiger partial charge in [0.15, 0.2) is 4.77 Å². The summed E-state index contributed by atoms with van der Waals surface area (Å²) in [6.07, 6.45) is 2.34. The van der Waals surface area contributed by atoms with E-state index in [1.165, 1.54) is 4.57 Å². The number of H-pyrrole nitrogens is 1. The summed E-state index contributed by atoms with van der Waals surface area (Å²) < 4.78 is 13.0. The average Bonchev–Trinajstić information content (AvgIpc) is 2.33. The molecule has 1 aromatic carbocycles. The first kappa shape index (κ1) is 13.2. The Labute approximate surface area is 112 Å². The summed E-state index contributed by atoms with van der Waals surface area (Å²) in [4.78, 5) is 15.3. The number of fused-ring (bicyclic) bond motifs is 1. The summed E-state index contributed by atoms with van der Waals surface area (Å²) in [6, 6.07) is 7.29. The van der Waals surface area contributed by atoms with Crippen LogP contribution in [0.4, 0.5) is 0 Å². The predicted molar refractivity (Wildman–Crippen MR) is 76.9 cm³/mol. The molecule has 2 aromatic rings. The number of benzene rings is 1. The topological polar surface area (TPSA) is 54.9 Å². The van der Waals surface area contributed by atoms with Crippen LogP contribution < -0.4 is 5.56 Å². The van der Waals surface area contributed by atoms with Gasteiger partial charge in [-0.3, -0.25) is 13.6 Å². The van der Waals surface area contributed by atoms with E-state index in [-0.39, 0.29) is 5.56 Å². The highest BCUT2D eigenvalue weighted by atomic mass is 32.2. The van der Waals surface area contributed by atoms with Crippen LogP contribution in [0.5, 0.6) is 0 Å². The molecule has 0 aliphatic rings. The summed E-state index contributed by atoms with van der Waals surface area (Å²) in [7, 11) is -0.839. The van der Waals surface area contributed by atoms with Crippen LogP contribution in [-0.4, -0.2) is 25.8 Å². The van der Waals surface area contributed by atoms with Crippen LogP contribution in [0.25, 0.3) is 10.9 Å². The molecule has 0 aliphatic carbocycles. The van der Waals surface area contributed by atoms with Gasteiger partial charge in [-0.2, -0.15) is 0 Å². The third-order valence-electron chi connectivity index (χ3n) is 2.70. The molecule has 6 heteroatoms. The van der Waals surface area contributed by atoms with Crippen LogP contribution in [-0.2, 0) is 17.3 Å². The highest BCUT2D eigenvalue weighted by molar-refractivity contribution is 7.84. The minimum Gasteiger partial charge on any atom is -0.332 e. The minimum atomic E-state index is -0.839. The Hall–Kier alpha value is -1.27. The van der Waals surface area contributed by atoms with Crippen molar-refractivity contribution in [2.75, 3.05) is 12.0 Å². The van der Waals surface area contributed by atoms with Gasteiger partial charge in [-0.25, -0.2) is 0 Å². The predicted octanol–water partition coefficient (Wildman–Crippen LogP) is 1.83. The summed E-state index contributed by atoms with van der Waals surface area (Å²) in [5, 5.41) is 0.628. The lowest BCUT2D eigenvalue weighted by Gasteiger charge is -2.07. The Balaban J connectivity index is 2.42. The van der Waals surface area contributed by atoms with Gasteiger partial charge in [0.2, 0.25) is 0 Å². The quantitative estimate of drug-likeness (QED) is 0.870. The molecule has 1 atom stereocenters. The maximum Gasteiger partial charge on any atom is 0.262 e. The van der Waals surface area contributed by atoms with Gasteiger partial charge in [-0.1, -0.05) is 12.1 Å². The van der Waals surface area contributed by atoms with E-state index in [4.69, 9.17) is 12.2 Å². The van der Waals surface area contributed by atoms with Crippen LogP contribution in [0.1, 0.15) is 6.42 Å². The monoisotopic (exact) mass is 282 g/mol. The second-order valence-electron chi connectivity index (χ2n) is 4.06. The van der Waals surface area contributed by atoms with E-state index >= 15 is 0 Å². The fourth-order valence-electron chi connectivity index (χ4n) is 1.83. The maximum absolute atomic E-state index is 12.2. The van der Waals surface area contributed by atoms with Crippen molar-refractivity contribution < 1.29 is 4.21 Å². The number of para-hydroxylation sites is 1. The molecule has 0 aliphatic heterocycles. The van der Waals surface area contributed by atoms with E-state index in [2.05, 4.69) is 4.98 Å². The molecule has 0 fully saturated rings. The molecule has 1 N–H and O–H groups in total. The van der Waals surface area contributed by atoms with Gasteiger partial charge in [-0.15, -0.1) is 0 Å². The Morgan fingerprint density at radius 2 is 2.11 bits per heavy atom. The Bertz CT molecular complexity index is 703. The van der Waals surface area contributed by atoms with Crippen molar-refractivity contribution in [2.24, 2.45) is 0 Å². The Morgan fingerprint density at radius 3 is 2.83 bits per heavy atom. The van der Waals surface area contributed by atoms with Gasteiger partial charge < -0.3 is 4.98 Å². The first-order valence-electron chi connectivity index (χ1n) is 5.61. The van der Waals surface area contributed by atoms with Crippen molar-refractivity contribution in [1.29, 1.82) is 0 Å².